The molecule has 0 saturated carbocycles. The number of aromatic nitrogens is 2. The van der Waals surface area contributed by atoms with E-state index in [1.807, 2.05) is 6.26 Å². The highest BCUT2D eigenvalue weighted by atomic mass is 32.2. The fraction of sp³-hybridized carbons (Fsp3) is 0.636. The van der Waals surface area contributed by atoms with Crippen LogP contribution in [0.2, 0.25) is 0 Å². The van der Waals surface area contributed by atoms with Crippen LogP contribution >= 0.6 is 11.8 Å². The highest BCUT2D eigenvalue weighted by Crippen LogP contribution is 2.25. The van der Waals surface area contributed by atoms with Crippen LogP contribution in [-0.4, -0.2) is 58.5 Å². The van der Waals surface area contributed by atoms with E-state index in [0.717, 1.165) is 16.8 Å². The molecule has 1 rings (SSSR count). The van der Waals surface area contributed by atoms with E-state index in [9.17, 15) is 0 Å². The van der Waals surface area contributed by atoms with Gasteiger partial charge in [-0.3, -0.25) is 8.97 Å². The molecular weight excluding hydrogens is 220 g/mol. The quantitative estimate of drug-likeness (QED) is 0.457. The first-order chi connectivity index (χ1) is 7.14. The smallest absolute Gasteiger partial charge is 0.237 e. The lowest BCUT2D eigenvalue weighted by atomic mass is 10.4. The standard InChI is InChI=1S/C11H22N4S/c1-14(2,3)9-8-10(15(4,5)6)13-11(12-9)16-7/h8H,1-7H3/q+2. The number of hydrogen-bond donors (Lipinski definition) is 0. The van der Waals surface area contributed by atoms with Crippen molar-refractivity contribution >= 4 is 23.4 Å². The van der Waals surface area contributed by atoms with Crippen LogP contribution in [0.15, 0.2) is 11.2 Å². The topological polar surface area (TPSA) is 25.8 Å². The molecule has 16 heavy (non-hydrogen) atoms. The number of thioether (sulfide) groups is 1. The van der Waals surface area contributed by atoms with E-state index >= 15 is 0 Å². The minimum atomic E-state index is 0.711. The molecule has 0 aliphatic rings. The molecule has 0 radical (unpaired) electrons. The lowest BCUT2D eigenvalue weighted by Crippen LogP contribution is -2.39. The van der Waals surface area contributed by atoms with Crippen LogP contribution in [-0.2, 0) is 0 Å². The molecule has 0 aromatic carbocycles. The van der Waals surface area contributed by atoms with Crippen molar-refractivity contribution in [2.75, 3.05) is 48.5 Å². The van der Waals surface area contributed by atoms with Gasteiger partial charge in [0.15, 0.2) is 5.16 Å². The van der Waals surface area contributed by atoms with Gasteiger partial charge in [0.05, 0.1) is 42.3 Å². The molecule has 0 bridgehead atoms. The Bertz CT molecular complexity index is 344. The predicted octanol–water partition coefficient (Wildman–Crippen LogP) is 1.59. The molecule has 1 heterocycles. The summed E-state index contributed by atoms with van der Waals surface area (Å²) in [6.07, 6.45) is 2.01. The zero-order valence-electron chi connectivity index (χ0n) is 11.3. The highest BCUT2D eigenvalue weighted by molar-refractivity contribution is 7.98. The van der Waals surface area contributed by atoms with Crippen LogP contribution < -0.4 is 8.97 Å². The summed E-state index contributed by atoms with van der Waals surface area (Å²) in [5.41, 5.74) is 0. The molecule has 0 spiro atoms. The third-order valence-corrected chi connectivity index (χ3v) is 2.78. The first-order valence-electron chi connectivity index (χ1n) is 5.21. The predicted molar refractivity (Wildman–Crippen MR) is 72.9 cm³/mol. The second kappa shape index (κ2) is 4.31. The van der Waals surface area contributed by atoms with E-state index in [0.29, 0.717) is 8.97 Å². The van der Waals surface area contributed by atoms with Crippen LogP contribution in [0.25, 0.3) is 0 Å². The van der Waals surface area contributed by atoms with E-state index in [1.165, 1.54) is 0 Å². The van der Waals surface area contributed by atoms with Crippen molar-refractivity contribution in [2.45, 2.75) is 5.16 Å². The van der Waals surface area contributed by atoms with Crippen LogP contribution in [0.5, 0.6) is 0 Å². The molecule has 5 heteroatoms. The van der Waals surface area contributed by atoms with Gasteiger partial charge in [-0.25, -0.2) is 0 Å². The Kier molecular flexibility index (Phi) is 3.62. The molecule has 0 N–H and O–H groups in total. The number of quaternary nitrogens is 2. The maximum absolute atomic E-state index is 4.55. The maximum atomic E-state index is 4.55. The van der Waals surface area contributed by atoms with Crippen molar-refractivity contribution in [2.24, 2.45) is 0 Å². The lowest BCUT2D eigenvalue weighted by molar-refractivity contribution is 0.446. The minimum absolute atomic E-state index is 0.711. The fourth-order valence-corrected chi connectivity index (χ4v) is 1.55. The highest BCUT2D eigenvalue weighted by Gasteiger charge is 2.23. The van der Waals surface area contributed by atoms with Gasteiger partial charge < -0.3 is 0 Å². The van der Waals surface area contributed by atoms with Gasteiger partial charge in [-0.15, -0.1) is 0 Å². The van der Waals surface area contributed by atoms with Gasteiger partial charge in [-0.1, -0.05) is 11.8 Å². The maximum Gasteiger partial charge on any atom is 0.237 e. The molecule has 0 aliphatic carbocycles. The summed E-state index contributed by atoms with van der Waals surface area (Å²) in [4.78, 5) is 9.10. The average Bonchev–Trinajstić information content (AvgIpc) is 2.14. The Morgan fingerprint density at radius 3 is 1.50 bits per heavy atom. The molecule has 0 amide bonds. The molecule has 1 aromatic heterocycles. The van der Waals surface area contributed by atoms with Crippen molar-refractivity contribution in [1.29, 1.82) is 0 Å². The Hall–Kier alpha value is -0.650. The van der Waals surface area contributed by atoms with E-state index in [4.69, 9.17) is 0 Å². The molecular formula is C11H22N4S+2. The summed E-state index contributed by atoms with van der Waals surface area (Å²) in [6.45, 7) is 0. The van der Waals surface area contributed by atoms with Crippen molar-refractivity contribution in [1.82, 2.24) is 18.9 Å². The Balaban J connectivity index is 3.33. The monoisotopic (exact) mass is 242 g/mol. The summed E-state index contributed by atoms with van der Waals surface area (Å²) in [5, 5.41) is 0.841. The largest absolute Gasteiger partial charge is 0.282 e. The fourth-order valence-electron chi connectivity index (χ4n) is 1.18. The SMILES string of the molecule is CSc1nc([N+](C)(C)C)cc([N+](C)(C)C)n1. The van der Waals surface area contributed by atoms with Gasteiger partial charge in [-0.05, 0) is 6.26 Å². The Morgan fingerprint density at radius 2 is 1.25 bits per heavy atom. The summed E-state index contributed by atoms with van der Waals surface area (Å²) < 4.78 is 1.42. The van der Waals surface area contributed by atoms with Gasteiger partial charge in [0.25, 0.3) is 0 Å². The van der Waals surface area contributed by atoms with Crippen LogP contribution in [0.3, 0.4) is 0 Å². The minimum Gasteiger partial charge on any atom is -0.282 e. The first-order valence-corrected chi connectivity index (χ1v) is 6.44. The van der Waals surface area contributed by atoms with Gasteiger partial charge in [0.2, 0.25) is 11.6 Å². The van der Waals surface area contributed by atoms with E-state index in [-0.39, 0.29) is 0 Å². The summed E-state index contributed by atoms with van der Waals surface area (Å²) in [5.74, 6) is 2.09. The Labute approximate surface area is 102 Å². The van der Waals surface area contributed by atoms with Crippen molar-refractivity contribution in [3.05, 3.63) is 6.07 Å². The van der Waals surface area contributed by atoms with Crippen molar-refractivity contribution < 1.29 is 0 Å². The Morgan fingerprint density at radius 1 is 0.875 bits per heavy atom. The molecule has 0 saturated heterocycles. The summed E-state index contributed by atoms with van der Waals surface area (Å²) in [6, 6.07) is 2.08. The number of rotatable bonds is 3. The molecule has 1 aromatic rings. The molecule has 0 aliphatic heterocycles. The molecule has 90 valence electrons. The normalized spacial score (nSPS) is 12.9. The van der Waals surface area contributed by atoms with E-state index < -0.39 is 0 Å². The van der Waals surface area contributed by atoms with Gasteiger partial charge >= 0.3 is 0 Å². The van der Waals surface area contributed by atoms with Crippen LogP contribution in [0.4, 0.5) is 11.6 Å². The van der Waals surface area contributed by atoms with Gasteiger partial charge in [0.1, 0.15) is 6.07 Å². The van der Waals surface area contributed by atoms with Crippen molar-refractivity contribution in [3.8, 4) is 0 Å². The molecule has 0 unspecified atom stereocenters. The zero-order valence-corrected chi connectivity index (χ0v) is 12.1. The van der Waals surface area contributed by atoms with Gasteiger partial charge in [0, 0.05) is 0 Å². The van der Waals surface area contributed by atoms with E-state index in [2.05, 4.69) is 58.3 Å². The number of nitrogens with zero attached hydrogens (tertiary/aromatic N) is 4. The van der Waals surface area contributed by atoms with Crippen LogP contribution in [0.1, 0.15) is 0 Å². The lowest BCUT2D eigenvalue weighted by Gasteiger charge is -2.26. The second-order valence-electron chi connectivity index (χ2n) is 5.60. The third kappa shape index (κ3) is 3.17. The molecule has 4 nitrogen and oxygen atoms in total. The summed E-state index contributed by atoms with van der Waals surface area (Å²) in [7, 11) is 12.7. The van der Waals surface area contributed by atoms with E-state index in [1.54, 1.807) is 11.8 Å². The average molecular weight is 242 g/mol. The first kappa shape index (κ1) is 13.4. The number of hydrogen-bond acceptors (Lipinski definition) is 3. The zero-order chi connectivity index (χ0) is 12.6. The second-order valence-corrected chi connectivity index (χ2v) is 6.37. The summed E-state index contributed by atoms with van der Waals surface area (Å²) >= 11 is 1.59. The van der Waals surface area contributed by atoms with Crippen molar-refractivity contribution in [3.63, 3.8) is 0 Å². The van der Waals surface area contributed by atoms with Crippen LogP contribution in [0, 0.1) is 0 Å². The van der Waals surface area contributed by atoms with Gasteiger partial charge in [-0.2, -0.15) is 9.97 Å². The molecule has 0 fully saturated rings. The molecule has 0 atom stereocenters. The third-order valence-electron chi connectivity index (χ3n) is 2.24.